The molecule has 2 heterocycles. The first kappa shape index (κ1) is 26.2. The minimum atomic E-state index is -0.274. The highest BCUT2D eigenvalue weighted by atomic mass is 16.5. The van der Waals surface area contributed by atoms with Crippen molar-refractivity contribution in [3.8, 4) is 5.75 Å². The summed E-state index contributed by atoms with van der Waals surface area (Å²) in [6.07, 6.45) is 3.32. The number of hydrogen-bond donors (Lipinski definition) is 1. The van der Waals surface area contributed by atoms with Crippen molar-refractivity contribution in [1.29, 1.82) is 0 Å². The van der Waals surface area contributed by atoms with Crippen LogP contribution in [0.2, 0.25) is 0 Å². The first-order valence-electron chi connectivity index (χ1n) is 11.7. The molecule has 188 valence electrons. The highest BCUT2D eigenvalue weighted by Crippen LogP contribution is 2.27. The summed E-state index contributed by atoms with van der Waals surface area (Å²) < 4.78 is 11.8. The minimum absolute atomic E-state index is 0.0309. The fourth-order valence-corrected chi connectivity index (χ4v) is 4.18. The monoisotopic (exact) mass is 482 g/mol. The summed E-state index contributed by atoms with van der Waals surface area (Å²) in [6.45, 7) is 6.33. The van der Waals surface area contributed by atoms with Gasteiger partial charge in [0.15, 0.2) is 0 Å². The van der Waals surface area contributed by atoms with Crippen molar-refractivity contribution < 1.29 is 23.9 Å². The molecule has 2 aromatic rings. The number of carbonyl (C=O) groups is 3. The van der Waals surface area contributed by atoms with Gasteiger partial charge in [0.1, 0.15) is 12.4 Å². The van der Waals surface area contributed by atoms with Crippen molar-refractivity contribution in [3.05, 3.63) is 53.9 Å². The predicted octanol–water partition coefficient (Wildman–Crippen LogP) is 2.62. The number of amides is 3. The van der Waals surface area contributed by atoms with Crippen molar-refractivity contribution in [2.24, 2.45) is 5.92 Å². The van der Waals surface area contributed by atoms with E-state index in [-0.39, 0.29) is 48.8 Å². The van der Waals surface area contributed by atoms with Crippen LogP contribution in [0.3, 0.4) is 0 Å². The highest BCUT2D eigenvalue weighted by Gasteiger charge is 2.30. The number of rotatable bonds is 4. The Balaban J connectivity index is 1.94. The van der Waals surface area contributed by atoms with Crippen LogP contribution in [0, 0.1) is 5.92 Å². The van der Waals surface area contributed by atoms with E-state index < -0.39 is 0 Å². The zero-order chi connectivity index (χ0) is 25.5. The van der Waals surface area contributed by atoms with E-state index in [1.165, 1.54) is 6.92 Å². The third-order valence-electron chi connectivity index (χ3n) is 6.17. The van der Waals surface area contributed by atoms with Gasteiger partial charge in [-0.2, -0.15) is 0 Å². The van der Waals surface area contributed by atoms with Gasteiger partial charge in [-0.05, 0) is 30.7 Å². The standard InChI is InChI=1S/C26H34N4O5/c1-17-14-30(25(32)11-20-7-6-10-27-13-20)18(2)16-35-23-12-21(28-19(3)31)8-9-22(23)26(33)29(4)15-24(17)34-5/h6-10,12-13,17-18,24H,11,14-16H2,1-5H3,(H,28,31)/t17-,18+,24+/m1/s1. The lowest BCUT2D eigenvalue weighted by molar-refractivity contribution is -0.134. The molecule has 3 rings (SSSR count). The first-order chi connectivity index (χ1) is 16.7. The molecule has 1 aliphatic rings. The van der Waals surface area contributed by atoms with E-state index >= 15 is 0 Å². The number of ether oxygens (including phenoxy) is 2. The van der Waals surface area contributed by atoms with E-state index in [2.05, 4.69) is 10.3 Å². The molecule has 0 spiro atoms. The molecular weight excluding hydrogens is 448 g/mol. The molecule has 1 aromatic heterocycles. The molecule has 1 aromatic carbocycles. The molecule has 1 N–H and O–H groups in total. The second-order valence-electron chi connectivity index (χ2n) is 9.07. The average molecular weight is 483 g/mol. The second-order valence-corrected chi connectivity index (χ2v) is 9.07. The van der Waals surface area contributed by atoms with Crippen LogP contribution in [0.15, 0.2) is 42.7 Å². The van der Waals surface area contributed by atoms with Crippen LogP contribution >= 0.6 is 0 Å². The topological polar surface area (TPSA) is 101 Å². The fraction of sp³-hybridized carbons (Fsp3) is 0.462. The summed E-state index contributed by atoms with van der Waals surface area (Å²) in [5.41, 5.74) is 1.74. The zero-order valence-electron chi connectivity index (χ0n) is 21.0. The van der Waals surface area contributed by atoms with Gasteiger partial charge in [0, 0.05) is 64.2 Å². The van der Waals surface area contributed by atoms with Crippen LogP contribution in [-0.4, -0.2) is 78.5 Å². The smallest absolute Gasteiger partial charge is 0.257 e. The Bertz CT molecular complexity index is 1050. The van der Waals surface area contributed by atoms with E-state index in [4.69, 9.17) is 9.47 Å². The lowest BCUT2D eigenvalue weighted by atomic mass is 10.0. The summed E-state index contributed by atoms with van der Waals surface area (Å²) in [4.78, 5) is 45.7. The maximum absolute atomic E-state index is 13.4. The number of nitrogens with zero attached hydrogens (tertiary/aromatic N) is 3. The molecule has 1 aliphatic heterocycles. The van der Waals surface area contributed by atoms with Crippen LogP contribution in [-0.2, 0) is 20.7 Å². The van der Waals surface area contributed by atoms with Crippen LogP contribution < -0.4 is 10.1 Å². The summed E-state index contributed by atoms with van der Waals surface area (Å²) >= 11 is 0. The number of anilines is 1. The van der Waals surface area contributed by atoms with Crippen molar-refractivity contribution in [2.75, 3.05) is 39.2 Å². The van der Waals surface area contributed by atoms with Crippen molar-refractivity contribution >= 4 is 23.4 Å². The van der Waals surface area contributed by atoms with E-state index in [0.717, 1.165) is 5.56 Å². The Kier molecular flexibility index (Phi) is 8.81. The number of hydrogen-bond acceptors (Lipinski definition) is 6. The van der Waals surface area contributed by atoms with Gasteiger partial charge >= 0.3 is 0 Å². The Morgan fingerprint density at radius 2 is 2.00 bits per heavy atom. The van der Waals surface area contributed by atoms with Gasteiger partial charge in [0.2, 0.25) is 11.8 Å². The van der Waals surface area contributed by atoms with E-state index in [0.29, 0.717) is 30.1 Å². The molecule has 3 atom stereocenters. The van der Waals surface area contributed by atoms with Gasteiger partial charge in [-0.1, -0.05) is 13.0 Å². The number of methoxy groups -OCH3 is 1. The second kappa shape index (κ2) is 11.8. The Hall–Kier alpha value is -3.46. The maximum atomic E-state index is 13.4. The number of nitrogens with one attached hydrogen (secondary N) is 1. The Labute approximate surface area is 206 Å². The number of fused-ring (bicyclic) bond motifs is 1. The van der Waals surface area contributed by atoms with Crippen LogP contribution in [0.1, 0.15) is 36.7 Å². The molecule has 9 nitrogen and oxygen atoms in total. The number of benzene rings is 1. The van der Waals surface area contributed by atoms with Gasteiger partial charge in [-0.15, -0.1) is 0 Å². The molecule has 9 heteroatoms. The van der Waals surface area contributed by atoms with Crippen molar-refractivity contribution in [1.82, 2.24) is 14.8 Å². The molecule has 0 saturated heterocycles. The fourth-order valence-electron chi connectivity index (χ4n) is 4.18. The maximum Gasteiger partial charge on any atom is 0.257 e. The zero-order valence-corrected chi connectivity index (χ0v) is 21.0. The van der Waals surface area contributed by atoms with Crippen molar-refractivity contribution in [3.63, 3.8) is 0 Å². The third-order valence-corrected chi connectivity index (χ3v) is 6.17. The molecule has 0 bridgehead atoms. The van der Waals surface area contributed by atoms with Gasteiger partial charge in [-0.25, -0.2) is 0 Å². The molecule has 0 aliphatic carbocycles. The van der Waals surface area contributed by atoms with E-state index in [1.807, 2.05) is 30.9 Å². The lowest BCUT2D eigenvalue weighted by Gasteiger charge is -2.36. The predicted molar refractivity (Wildman–Crippen MR) is 132 cm³/mol. The average Bonchev–Trinajstić information content (AvgIpc) is 2.83. The van der Waals surface area contributed by atoms with Crippen LogP contribution in [0.25, 0.3) is 0 Å². The van der Waals surface area contributed by atoms with E-state index in [9.17, 15) is 14.4 Å². The molecule has 0 fully saturated rings. The van der Waals surface area contributed by atoms with Gasteiger partial charge in [0.25, 0.3) is 5.91 Å². The van der Waals surface area contributed by atoms with E-state index in [1.54, 1.807) is 49.7 Å². The highest BCUT2D eigenvalue weighted by molar-refractivity contribution is 5.98. The molecule has 3 amide bonds. The van der Waals surface area contributed by atoms with Crippen LogP contribution in [0.4, 0.5) is 5.69 Å². The first-order valence-corrected chi connectivity index (χ1v) is 11.7. The normalized spacial score (nSPS) is 21.3. The quantitative estimate of drug-likeness (QED) is 0.719. The minimum Gasteiger partial charge on any atom is -0.491 e. The molecule has 0 radical (unpaired) electrons. The van der Waals surface area contributed by atoms with Gasteiger partial charge in [-0.3, -0.25) is 19.4 Å². The Morgan fingerprint density at radius 1 is 1.23 bits per heavy atom. The number of likely N-dealkylation sites (N-methyl/N-ethyl adjacent to an activating group) is 1. The third kappa shape index (κ3) is 6.79. The van der Waals surface area contributed by atoms with Gasteiger partial charge in [0.05, 0.1) is 24.1 Å². The van der Waals surface area contributed by atoms with Gasteiger partial charge < -0.3 is 24.6 Å². The van der Waals surface area contributed by atoms with Crippen molar-refractivity contribution in [2.45, 2.75) is 39.3 Å². The molecular formula is C26H34N4O5. The molecule has 0 unspecified atom stereocenters. The molecule has 35 heavy (non-hydrogen) atoms. The summed E-state index contributed by atoms with van der Waals surface area (Å²) in [6, 6.07) is 8.37. The van der Waals surface area contributed by atoms with Crippen LogP contribution in [0.5, 0.6) is 5.75 Å². The number of carbonyl (C=O) groups excluding carboxylic acids is 3. The largest absolute Gasteiger partial charge is 0.491 e. The summed E-state index contributed by atoms with van der Waals surface area (Å²) in [5.74, 6) is -0.149. The summed E-state index contributed by atoms with van der Waals surface area (Å²) in [5, 5.41) is 2.72. The molecule has 0 saturated carbocycles. The number of pyridine rings is 1. The summed E-state index contributed by atoms with van der Waals surface area (Å²) in [7, 11) is 3.33. The number of aromatic nitrogens is 1. The Morgan fingerprint density at radius 3 is 2.66 bits per heavy atom. The SMILES string of the molecule is CO[C@H]1CN(C)C(=O)c2ccc(NC(C)=O)cc2OC[C@H](C)N(C(=O)Cc2cccnc2)C[C@H]1C. The lowest BCUT2D eigenvalue weighted by Crippen LogP contribution is -2.49.